The number of cyclic esters (lactones) is 1. The third-order valence-electron chi connectivity index (χ3n) is 3.60. The van der Waals surface area contributed by atoms with Crippen LogP contribution in [0.15, 0.2) is 28.8 Å². The molecule has 1 amide bonds. The molecule has 1 aromatic heterocycles. The maximum Gasteiger partial charge on any atom is 0.344 e. The molecule has 0 bridgehead atoms. The number of aromatic nitrogens is 1. The van der Waals surface area contributed by atoms with E-state index in [1.54, 1.807) is 24.3 Å². The van der Waals surface area contributed by atoms with Crippen LogP contribution in [0.2, 0.25) is 0 Å². The van der Waals surface area contributed by atoms with Gasteiger partial charge in [0.2, 0.25) is 5.91 Å². The standard InChI is InChI=1S/C16H16N2O4/c1-16(2)8-11-13(15(20)21-16)12(22-18-11)7-9-3-5-10(6-4-9)14(17)19/h3-6H,7-8H2,1-2H3,(H2,17,19). The summed E-state index contributed by atoms with van der Waals surface area (Å²) in [5, 5.41) is 3.99. The van der Waals surface area contributed by atoms with Crippen molar-refractivity contribution in [2.45, 2.75) is 32.3 Å². The van der Waals surface area contributed by atoms with E-state index in [4.69, 9.17) is 15.0 Å². The van der Waals surface area contributed by atoms with Gasteiger partial charge in [-0.1, -0.05) is 17.3 Å². The quantitative estimate of drug-likeness (QED) is 0.873. The van der Waals surface area contributed by atoms with Crippen LogP contribution in [0, 0.1) is 0 Å². The smallest absolute Gasteiger partial charge is 0.344 e. The molecule has 0 fully saturated rings. The number of ether oxygens (including phenoxy) is 1. The average Bonchev–Trinajstić information content (AvgIpc) is 2.80. The second-order valence-corrected chi connectivity index (χ2v) is 5.99. The van der Waals surface area contributed by atoms with Gasteiger partial charge in [0.05, 0.1) is 0 Å². The van der Waals surface area contributed by atoms with Gasteiger partial charge < -0.3 is 15.0 Å². The predicted molar refractivity (Wildman–Crippen MR) is 77.5 cm³/mol. The molecule has 2 N–H and O–H groups in total. The van der Waals surface area contributed by atoms with Gasteiger partial charge >= 0.3 is 5.97 Å². The minimum atomic E-state index is -0.568. The minimum absolute atomic E-state index is 0.400. The second-order valence-electron chi connectivity index (χ2n) is 5.99. The van der Waals surface area contributed by atoms with Gasteiger partial charge in [0, 0.05) is 18.4 Å². The first-order chi connectivity index (χ1) is 10.4. The summed E-state index contributed by atoms with van der Waals surface area (Å²) in [5.74, 6) is -0.409. The molecule has 2 aromatic rings. The molecule has 6 nitrogen and oxygen atoms in total. The molecule has 1 aliphatic heterocycles. The van der Waals surface area contributed by atoms with E-state index in [0.717, 1.165) is 5.56 Å². The SMILES string of the molecule is CC1(C)Cc2noc(Cc3ccc(C(N)=O)cc3)c2C(=O)O1. The number of primary amides is 1. The lowest BCUT2D eigenvalue weighted by Crippen LogP contribution is -2.36. The van der Waals surface area contributed by atoms with Crippen molar-refractivity contribution < 1.29 is 18.8 Å². The number of esters is 1. The molecule has 0 atom stereocenters. The molecule has 22 heavy (non-hydrogen) atoms. The zero-order chi connectivity index (χ0) is 15.9. The lowest BCUT2D eigenvalue weighted by atomic mass is 9.94. The van der Waals surface area contributed by atoms with Gasteiger partial charge in [-0.25, -0.2) is 4.79 Å². The van der Waals surface area contributed by atoms with Crippen molar-refractivity contribution in [3.05, 3.63) is 52.4 Å². The monoisotopic (exact) mass is 300 g/mol. The summed E-state index contributed by atoms with van der Waals surface area (Å²) >= 11 is 0. The molecular formula is C16H16N2O4. The zero-order valence-electron chi connectivity index (χ0n) is 12.4. The minimum Gasteiger partial charge on any atom is -0.456 e. The highest BCUT2D eigenvalue weighted by Gasteiger charge is 2.37. The third-order valence-corrected chi connectivity index (χ3v) is 3.60. The summed E-state index contributed by atoms with van der Waals surface area (Å²) in [4.78, 5) is 23.2. The summed E-state index contributed by atoms with van der Waals surface area (Å²) < 4.78 is 10.7. The number of rotatable bonds is 3. The fraction of sp³-hybridized carbons (Fsp3) is 0.312. The van der Waals surface area contributed by atoms with Gasteiger partial charge in [0.25, 0.3) is 0 Å². The molecule has 6 heteroatoms. The molecule has 0 radical (unpaired) electrons. The van der Waals surface area contributed by atoms with E-state index in [1.807, 2.05) is 13.8 Å². The van der Waals surface area contributed by atoms with E-state index in [-0.39, 0.29) is 0 Å². The Hall–Kier alpha value is -2.63. The molecule has 0 spiro atoms. The van der Waals surface area contributed by atoms with E-state index < -0.39 is 17.5 Å². The molecule has 3 rings (SSSR count). The highest BCUT2D eigenvalue weighted by atomic mass is 16.6. The van der Waals surface area contributed by atoms with Crippen molar-refractivity contribution in [3.8, 4) is 0 Å². The number of benzene rings is 1. The van der Waals surface area contributed by atoms with Gasteiger partial charge in [0.1, 0.15) is 16.9 Å². The Kier molecular flexibility index (Phi) is 3.24. The highest BCUT2D eigenvalue weighted by molar-refractivity contribution is 5.93. The topological polar surface area (TPSA) is 95.4 Å². The summed E-state index contributed by atoms with van der Waals surface area (Å²) in [6.07, 6.45) is 0.926. The Balaban J connectivity index is 1.87. The van der Waals surface area contributed by atoms with Crippen LogP contribution in [-0.2, 0) is 17.6 Å². The molecule has 2 heterocycles. The van der Waals surface area contributed by atoms with Crippen molar-refractivity contribution in [1.29, 1.82) is 0 Å². The van der Waals surface area contributed by atoms with Crippen molar-refractivity contribution in [3.63, 3.8) is 0 Å². The van der Waals surface area contributed by atoms with Crippen molar-refractivity contribution in [2.24, 2.45) is 5.73 Å². The lowest BCUT2D eigenvalue weighted by molar-refractivity contribution is -0.00700. The van der Waals surface area contributed by atoms with Crippen LogP contribution < -0.4 is 5.73 Å². The molecule has 0 unspecified atom stereocenters. The molecule has 114 valence electrons. The Morgan fingerprint density at radius 2 is 2.00 bits per heavy atom. The predicted octanol–water partition coefficient (Wildman–Crippen LogP) is 1.86. The Bertz CT molecular complexity index is 744. The number of amides is 1. The van der Waals surface area contributed by atoms with Crippen LogP contribution in [0.25, 0.3) is 0 Å². The summed E-state index contributed by atoms with van der Waals surface area (Å²) in [7, 11) is 0. The van der Waals surface area contributed by atoms with E-state index in [0.29, 0.717) is 35.4 Å². The number of carbonyl (C=O) groups is 2. The number of hydrogen-bond donors (Lipinski definition) is 1. The van der Waals surface area contributed by atoms with E-state index >= 15 is 0 Å². The van der Waals surface area contributed by atoms with Crippen LogP contribution in [0.5, 0.6) is 0 Å². The van der Waals surface area contributed by atoms with Crippen LogP contribution in [0.4, 0.5) is 0 Å². The van der Waals surface area contributed by atoms with Crippen molar-refractivity contribution >= 4 is 11.9 Å². The first-order valence-corrected chi connectivity index (χ1v) is 6.95. The Morgan fingerprint density at radius 3 is 2.64 bits per heavy atom. The molecule has 1 aromatic carbocycles. The molecule has 1 aliphatic rings. The fourth-order valence-corrected chi connectivity index (χ4v) is 2.55. The van der Waals surface area contributed by atoms with Gasteiger partial charge in [-0.2, -0.15) is 0 Å². The fourth-order valence-electron chi connectivity index (χ4n) is 2.55. The summed E-state index contributed by atoms with van der Waals surface area (Å²) in [6, 6.07) is 6.82. The summed E-state index contributed by atoms with van der Waals surface area (Å²) in [6.45, 7) is 3.68. The van der Waals surface area contributed by atoms with E-state index in [9.17, 15) is 9.59 Å². The van der Waals surface area contributed by atoms with Crippen LogP contribution in [0.3, 0.4) is 0 Å². The van der Waals surface area contributed by atoms with E-state index in [1.165, 1.54) is 0 Å². The Labute approximate surface area is 127 Å². The first kappa shape index (κ1) is 14.3. The average molecular weight is 300 g/mol. The maximum atomic E-state index is 12.1. The van der Waals surface area contributed by atoms with Gasteiger partial charge in [-0.15, -0.1) is 0 Å². The van der Waals surface area contributed by atoms with Crippen molar-refractivity contribution in [2.75, 3.05) is 0 Å². The van der Waals surface area contributed by atoms with Crippen LogP contribution >= 0.6 is 0 Å². The number of nitrogens with two attached hydrogens (primary N) is 1. The van der Waals surface area contributed by atoms with Crippen LogP contribution in [0.1, 0.15) is 51.6 Å². The molecule has 0 saturated heterocycles. The number of nitrogens with zero attached hydrogens (tertiary/aromatic N) is 1. The second kappa shape index (κ2) is 4.98. The van der Waals surface area contributed by atoms with E-state index in [2.05, 4.69) is 5.16 Å². The molecule has 0 saturated carbocycles. The molecule has 0 aliphatic carbocycles. The van der Waals surface area contributed by atoms with Gasteiger partial charge in [-0.3, -0.25) is 4.79 Å². The lowest BCUT2D eigenvalue weighted by Gasteiger charge is -2.28. The number of carbonyl (C=O) groups excluding carboxylic acids is 2. The van der Waals surface area contributed by atoms with Gasteiger partial charge in [0.15, 0.2) is 5.76 Å². The molecular weight excluding hydrogens is 284 g/mol. The maximum absolute atomic E-state index is 12.1. The third kappa shape index (κ3) is 2.59. The first-order valence-electron chi connectivity index (χ1n) is 6.95. The van der Waals surface area contributed by atoms with Crippen molar-refractivity contribution in [1.82, 2.24) is 5.16 Å². The zero-order valence-corrected chi connectivity index (χ0v) is 12.4. The Morgan fingerprint density at radius 1 is 1.32 bits per heavy atom. The number of fused-ring (bicyclic) bond motifs is 1. The van der Waals surface area contributed by atoms with Gasteiger partial charge in [-0.05, 0) is 31.5 Å². The summed E-state index contributed by atoms with van der Waals surface area (Å²) in [5.41, 5.74) is 7.01. The normalized spacial score (nSPS) is 16.0. The van der Waals surface area contributed by atoms with Crippen LogP contribution in [-0.4, -0.2) is 22.6 Å². The largest absolute Gasteiger partial charge is 0.456 e. The highest BCUT2D eigenvalue weighted by Crippen LogP contribution is 2.30. The number of hydrogen-bond acceptors (Lipinski definition) is 5.